The molecule has 2 atom stereocenters. The molecule has 1 N–H and O–H groups in total. The zero-order chi connectivity index (χ0) is 19.0. The number of nitrogens with one attached hydrogen (secondary N) is 1. The number of carbonyl (C=O) groups is 1. The Balaban J connectivity index is 1.93. The van der Waals surface area contributed by atoms with E-state index in [1.807, 2.05) is 11.8 Å². The molecule has 1 aliphatic rings. The van der Waals surface area contributed by atoms with Gasteiger partial charge in [-0.2, -0.15) is 11.8 Å². The highest BCUT2D eigenvalue weighted by Crippen LogP contribution is 2.26. The number of hydrogen-bond acceptors (Lipinski definition) is 2. The molecule has 1 aliphatic heterocycles. The van der Waals surface area contributed by atoms with Crippen LogP contribution in [0, 0.1) is 0 Å². The molecule has 1 heterocycles. The Labute approximate surface area is 167 Å². The molecule has 26 heavy (non-hydrogen) atoms. The van der Waals surface area contributed by atoms with Gasteiger partial charge in [0.15, 0.2) is 0 Å². The van der Waals surface area contributed by atoms with Gasteiger partial charge in [-0.25, -0.2) is 4.79 Å². The van der Waals surface area contributed by atoms with Gasteiger partial charge in [0, 0.05) is 30.1 Å². The second-order valence-corrected chi connectivity index (χ2v) is 9.35. The van der Waals surface area contributed by atoms with Crippen LogP contribution in [-0.2, 0) is 0 Å². The standard InChI is InChI=1S/C22H44N2OS/c1-4-6-7-8-9-10-11-12-13-14-15-16-17-23-22(25)24-18-19-26-20(3)21(24)5-2/h20-21H,4-19H2,1-3H3,(H,23,25). The van der Waals surface area contributed by atoms with Crippen molar-refractivity contribution in [3.63, 3.8) is 0 Å². The molecule has 0 bridgehead atoms. The first-order valence-electron chi connectivity index (χ1n) is 11.4. The summed E-state index contributed by atoms with van der Waals surface area (Å²) >= 11 is 2.00. The average molecular weight is 385 g/mol. The lowest BCUT2D eigenvalue weighted by atomic mass is 10.1. The highest BCUT2D eigenvalue weighted by Gasteiger charge is 2.30. The summed E-state index contributed by atoms with van der Waals surface area (Å²) in [4.78, 5) is 14.5. The van der Waals surface area contributed by atoms with Gasteiger partial charge in [0.25, 0.3) is 0 Å². The van der Waals surface area contributed by atoms with E-state index in [4.69, 9.17) is 0 Å². The number of urea groups is 1. The topological polar surface area (TPSA) is 32.3 Å². The molecular formula is C22H44N2OS. The highest BCUT2D eigenvalue weighted by molar-refractivity contribution is 8.00. The summed E-state index contributed by atoms with van der Waals surface area (Å²) in [5.41, 5.74) is 0. The minimum absolute atomic E-state index is 0.159. The number of carbonyl (C=O) groups excluding carboxylic acids is 1. The summed E-state index contributed by atoms with van der Waals surface area (Å²) in [5, 5.41) is 3.71. The lowest BCUT2D eigenvalue weighted by Gasteiger charge is -2.39. The lowest BCUT2D eigenvalue weighted by molar-refractivity contribution is 0.173. The van der Waals surface area contributed by atoms with Crippen LogP contribution in [-0.4, -0.2) is 41.1 Å². The average Bonchev–Trinajstić information content (AvgIpc) is 2.65. The molecule has 2 amide bonds. The maximum absolute atomic E-state index is 12.4. The summed E-state index contributed by atoms with van der Waals surface area (Å²) in [6.07, 6.45) is 17.4. The van der Waals surface area contributed by atoms with Gasteiger partial charge >= 0.3 is 6.03 Å². The monoisotopic (exact) mass is 384 g/mol. The van der Waals surface area contributed by atoms with Crippen LogP contribution >= 0.6 is 11.8 Å². The van der Waals surface area contributed by atoms with Crippen molar-refractivity contribution in [1.82, 2.24) is 10.2 Å². The van der Waals surface area contributed by atoms with Crippen LogP contribution in [0.25, 0.3) is 0 Å². The van der Waals surface area contributed by atoms with E-state index in [-0.39, 0.29) is 6.03 Å². The molecule has 1 fully saturated rings. The largest absolute Gasteiger partial charge is 0.338 e. The second-order valence-electron chi connectivity index (χ2n) is 7.87. The van der Waals surface area contributed by atoms with E-state index in [9.17, 15) is 4.79 Å². The minimum atomic E-state index is 0.159. The van der Waals surface area contributed by atoms with Crippen molar-refractivity contribution in [2.75, 3.05) is 18.8 Å². The quantitative estimate of drug-likeness (QED) is 0.342. The summed E-state index contributed by atoms with van der Waals surface area (Å²) in [5.74, 6) is 1.07. The van der Waals surface area contributed by atoms with E-state index >= 15 is 0 Å². The Morgan fingerprint density at radius 3 is 2.00 bits per heavy atom. The molecule has 0 aromatic heterocycles. The smallest absolute Gasteiger partial charge is 0.317 e. The third-order valence-electron chi connectivity index (χ3n) is 5.64. The molecule has 2 unspecified atom stereocenters. The molecule has 0 aliphatic carbocycles. The Bertz CT molecular complexity index is 351. The molecule has 1 rings (SSSR count). The molecule has 0 aromatic carbocycles. The third-order valence-corrected chi connectivity index (χ3v) is 6.90. The first-order valence-corrected chi connectivity index (χ1v) is 12.4. The Morgan fingerprint density at radius 2 is 1.46 bits per heavy atom. The fourth-order valence-electron chi connectivity index (χ4n) is 3.93. The Morgan fingerprint density at radius 1 is 0.923 bits per heavy atom. The number of unbranched alkanes of at least 4 members (excludes halogenated alkanes) is 11. The second kappa shape index (κ2) is 15.7. The summed E-state index contributed by atoms with van der Waals surface area (Å²) in [7, 11) is 0. The van der Waals surface area contributed by atoms with Gasteiger partial charge in [0.05, 0.1) is 0 Å². The molecule has 0 radical (unpaired) electrons. The summed E-state index contributed by atoms with van der Waals surface area (Å²) < 4.78 is 0. The molecule has 0 aromatic rings. The van der Waals surface area contributed by atoms with Crippen molar-refractivity contribution >= 4 is 17.8 Å². The third kappa shape index (κ3) is 10.1. The van der Waals surface area contributed by atoms with Crippen molar-refractivity contribution in [3.05, 3.63) is 0 Å². The van der Waals surface area contributed by atoms with E-state index < -0.39 is 0 Å². The highest BCUT2D eigenvalue weighted by atomic mass is 32.2. The van der Waals surface area contributed by atoms with Gasteiger partial charge in [0.1, 0.15) is 0 Å². The molecule has 0 spiro atoms. The van der Waals surface area contributed by atoms with Crippen molar-refractivity contribution in [2.45, 2.75) is 116 Å². The molecule has 0 saturated carbocycles. The first-order chi connectivity index (χ1) is 12.7. The number of thioether (sulfide) groups is 1. The predicted octanol–water partition coefficient (Wildman–Crippen LogP) is 6.61. The summed E-state index contributed by atoms with van der Waals surface area (Å²) in [6.45, 7) is 8.46. The fourth-order valence-corrected chi connectivity index (χ4v) is 5.17. The van der Waals surface area contributed by atoms with Crippen molar-refractivity contribution < 1.29 is 4.79 Å². The van der Waals surface area contributed by atoms with Gasteiger partial charge < -0.3 is 10.2 Å². The van der Waals surface area contributed by atoms with Crippen LogP contribution < -0.4 is 5.32 Å². The molecule has 4 heteroatoms. The van der Waals surface area contributed by atoms with Crippen LogP contribution in [0.5, 0.6) is 0 Å². The van der Waals surface area contributed by atoms with E-state index in [0.29, 0.717) is 11.3 Å². The summed E-state index contributed by atoms with van der Waals surface area (Å²) in [6, 6.07) is 0.558. The molecule has 3 nitrogen and oxygen atoms in total. The van der Waals surface area contributed by atoms with Gasteiger partial charge in [-0.3, -0.25) is 0 Å². The maximum atomic E-state index is 12.4. The zero-order valence-electron chi connectivity index (χ0n) is 17.7. The normalized spacial score (nSPS) is 20.3. The first kappa shape index (κ1) is 23.7. The molecule has 154 valence electrons. The Kier molecular flexibility index (Phi) is 14.2. The maximum Gasteiger partial charge on any atom is 0.317 e. The van der Waals surface area contributed by atoms with Gasteiger partial charge in [-0.1, -0.05) is 91.4 Å². The van der Waals surface area contributed by atoms with Crippen LogP contribution in [0.2, 0.25) is 0 Å². The Hall–Kier alpha value is -0.380. The zero-order valence-corrected chi connectivity index (χ0v) is 18.5. The van der Waals surface area contributed by atoms with Gasteiger partial charge in [-0.15, -0.1) is 0 Å². The van der Waals surface area contributed by atoms with Crippen LogP contribution in [0.3, 0.4) is 0 Å². The van der Waals surface area contributed by atoms with Crippen LogP contribution in [0.1, 0.15) is 104 Å². The van der Waals surface area contributed by atoms with Crippen LogP contribution in [0.15, 0.2) is 0 Å². The van der Waals surface area contributed by atoms with E-state index in [1.54, 1.807) is 0 Å². The number of rotatable bonds is 14. The molecular weight excluding hydrogens is 340 g/mol. The van der Waals surface area contributed by atoms with Crippen molar-refractivity contribution in [2.24, 2.45) is 0 Å². The number of nitrogens with zero attached hydrogens (tertiary/aromatic N) is 1. The van der Waals surface area contributed by atoms with E-state index in [2.05, 4.69) is 31.0 Å². The van der Waals surface area contributed by atoms with Gasteiger partial charge in [0.2, 0.25) is 0 Å². The van der Waals surface area contributed by atoms with Gasteiger partial charge in [-0.05, 0) is 12.8 Å². The SMILES string of the molecule is CCCCCCCCCCCCCCNC(=O)N1CCSC(C)C1CC. The van der Waals surface area contributed by atoms with E-state index in [0.717, 1.165) is 31.7 Å². The van der Waals surface area contributed by atoms with Crippen LogP contribution in [0.4, 0.5) is 4.79 Å². The van der Waals surface area contributed by atoms with Crippen molar-refractivity contribution in [3.8, 4) is 0 Å². The lowest BCUT2D eigenvalue weighted by Crippen LogP contribution is -2.53. The minimum Gasteiger partial charge on any atom is -0.338 e. The predicted molar refractivity (Wildman–Crippen MR) is 117 cm³/mol. The molecule has 1 saturated heterocycles. The van der Waals surface area contributed by atoms with E-state index in [1.165, 1.54) is 70.6 Å². The van der Waals surface area contributed by atoms with Crippen molar-refractivity contribution in [1.29, 1.82) is 0 Å². The fraction of sp³-hybridized carbons (Fsp3) is 0.955. The number of hydrogen-bond donors (Lipinski definition) is 1. The number of amides is 2.